The van der Waals surface area contributed by atoms with Crippen molar-refractivity contribution in [3.8, 4) is 17.0 Å². The standard InChI is InChI=1S/C17H14N2O3/c20-12-19-16(21)11-18(17(19)22)10-13-6-8-15(9-7-13)14-4-2-1-3-5-14/h1-9,11-12,21H,10H2. The number of imidazole rings is 1. The zero-order valence-electron chi connectivity index (χ0n) is 11.7. The Hall–Kier alpha value is -3.08. The highest BCUT2D eigenvalue weighted by molar-refractivity contribution is 5.63. The second-order valence-corrected chi connectivity index (χ2v) is 4.94. The van der Waals surface area contributed by atoms with Gasteiger partial charge in [0.1, 0.15) is 0 Å². The predicted molar refractivity (Wildman–Crippen MR) is 83.5 cm³/mol. The van der Waals surface area contributed by atoms with Crippen molar-refractivity contribution in [1.29, 1.82) is 0 Å². The van der Waals surface area contributed by atoms with Gasteiger partial charge in [0.25, 0.3) is 0 Å². The van der Waals surface area contributed by atoms with Crippen LogP contribution in [-0.4, -0.2) is 20.7 Å². The van der Waals surface area contributed by atoms with Gasteiger partial charge in [-0.05, 0) is 16.7 Å². The summed E-state index contributed by atoms with van der Waals surface area (Å²) in [5.41, 5.74) is 2.56. The largest absolute Gasteiger partial charge is 0.493 e. The van der Waals surface area contributed by atoms with E-state index in [1.807, 2.05) is 54.6 Å². The van der Waals surface area contributed by atoms with Gasteiger partial charge in [0.2, 0.25) is 12.3 Å². The smallest absolute Gasteiger partial charge is 0.338 e. The first-order valence-corrected chi connectivity index (χ1v) is 6.79. The average molecular weight is 294 g/mol. The van der Waals surface area contributed by atoms with Gasteiger partial charge < -0.3 is 5.11 Å². The van der Waals surface area contributed by atoms with Crippen LogP contribution in [0.5, 0.6) is 5.88 Å². The van der Waals surface area contributed by atoms with Crippen molar-refractivity contribution < 1.29 is 9.90 Å². The lowest BCUT2D eigenvalue weighted by Gasteiger charge is -2.05. The fourth-order valence-electron chi connectivity index (χ4n) is 2.34. The molecule has 0 unspecified atom stereocenters. The number of hydrogen-bond acceptors (Lipinski definition) is 3. The number of benzene rings is 2. The summed E-state index contributed by atoms with van der Waals surface area (Å²) in [4.78, 5) is 22.6. The highest BCUT2D eigenvalue weighted by Gasteiger charge is 2.09. The zero-order valence-corrected chi connectivity index (χ0v) is 11.7. The van der Waals surface area contributed by atoms with Crippen LogP contribution in [0, 0.1) is 0 Å². The number of hydrogen-bond donors (Lipinski definition) is 1. The summed E-state index contributed by atoms with van der Waals surface area (Å²) in [6.45, 7) is 0.294. The molecule has 3 aromatic rings. The fourth-order valence-corrected chi connectivity index (χ4v) is 2.34. The maximum Gasteiger partial charge on any atom is 0.338 e. The first kappa shape index (κ1) is 13.9. The molecule has 0 radical (unpaired) electrons. The van der Waals surface area contributed by atoms with Crippen molar-refractivity contribution in [2.75, 3.05) is 0 Å². The lowest BCUT2D eigenvalue weighted by molar-refractivity contribution is 0.438. The van der Waals surface area contributed by atoms with E-state index in [1.165, 1.54) is 10.8 Å². The van der Waals surface area contributed by atoms with Gasteiger partial charge in [-0.15, -0.1) is 0 Å². The van der Waals surface area contributed by atoms with E-state index < -0.39 is 5.69 Å². The Balaban J connectivity index is 1.85. The van der Waals surface area contributed by atoms with Crippen molar-refractivity contribution in [2.45, 2.75) is 6.54 Å². The van der Waals surface area contributed by atoms with E-state index in [0.29, 0.717) is 17.5 Å². The minimum absolute atomic E-state index is 0.294. The molecule has 0 saturated carbocycles. The van der Waals surface area contributed by atoms with Crippen LogP contribution in [0.15, 0.2) is 65.6 Å². The second kappa shape index (κ2) is 5.73. The Kier molecular flexibility index (Phi) is 3.62. The van der Waals surface area contributed by atoms with Crippen molar-refractivity contribution in [3.63, 3.8) is 0 Å². The van der Waals surface area contributed by atoms with Crippen LogP contribution in [0.25, 0.3) is 11.1 Å². The van der Waals surface area contributed by atoms with E-state index in [2.05, 4.69) is 0 Å². The Morgan fingerprint density at radius 1 is 0.955 bits per heavy atom. The van der Waals surface area contributed by atoms with Gasteiger partial charge in [0, 0.05) is 0 Å². The minimum atomic E-state index is -0.556. The molecule has 1 heterocycles. The molecule has 0 spiro atoms. The Labute approximate surface area is 126 Å². The summed E-state index contributed by atoms with van der Waals surface area (Å²) in [5, 5.41) is 9.49. The number of carbonyl (C=O) groups is 1. The van der Waals surface area contributed by atoms with E-state index in [1.54, 1.807) is 0 Å². The SMILES string of the molecule is O=Cn1c(O)cn(Cc2ccc(-c3ccccc3)cc2)c1=O. The third-order valence-electron chi connectivity index (χ3n) is 3.49. The summed E-state index contributed by atoms with van der Waals surface area (Å²) in [6, 6.07) is 17.8. The summed E-state index contributed by atoms with van der Waals surface area (Å²) in [6.07, 6.45) is 1.55. The average Bonchev–Trinajstić information content (AvgIpc) is 2.82. The highest BCUT2D eigenvalue weighted by atomic mass is 16.3. The van der Waals surface area contributed by atoms with E-state index in [-0.39, 0.29) is 5.88 Å². The molecule has 0 aliphatic carbocycles. The van der Waals surface area contributed by atoms with Crippen LogP contribution in [-0.2, 0) is 11.3 Å². The Morgan fingerprint density at radius 2 is 1.59 bits per heavy atom. The van der Waals surface area contributed by atoms with Crippen LogP contribution < -0.4 is 5.69 Å². The van der Waals surface area contributed by atoms with Crippen LogP contribution in [0.2, 0.25) is 0 Å². The predicted octanol–water partition coefficient (Wildman–Crippen LogP) is 2.11. The molecule has 0 aliphatic rings. The van der Waals surface area contributed by atoms with Crippen molar-refractivity contribution in [3.05, 3.63) is 76.8 Å². The van der Waals surface area contributed by atoms with E-state index in [4.69, 9.17) is 0 Å². The van der Waals surface area contributed by atoms with Crippen molar-refractivity contribution >= 4 is 6.41 Å². The molecule has 0 atom stereocenters. The second-order valence-electron chi connectivity index (χ2n) is 4.94. The molecule has 5 heteroatoms. The van der Waals surface area contributed by atoms with Gasteiger partial charge in [-0.2, -0.15) is 0 Å². The zero-order chi connectivity index (χ0) is 15.5. The molecule has 0 amide bonds. The Morgan fingerprint density at radius 3 is 2.18 bits per heavy atom. The molecule has 22 heavy (non-hydrogen) atoms. The first-order valence-electron chi connectivity index (χ1n) is 6.79. The fraction of sp³-hybridized carbons (Fsp3) is 0.0588. The van der Waals surface area contributed by atoms with Crippen LogP contribution in [0.1, 0.15) is 5.56 Å². The van der Waals surface area contributed by atoms with Gasteiger partial charge in [0.15, 0.2) is 0 Å². The third-order valence-corrected chi connectivity index (χ3v) is 3.49. The van der Waals surface area contributed by atoms with Gasteiger partial charge in [-0.3, -0.25) is 9.36 Å². The lowest BCUT2D eigenvalue weighted by atomic mass is 10.0. The monoisotopic (exact) mass is 294 g/mol. The first-order chi connectivity index (χ1) is 10.7. The van der Waals surface area contributed by atoms with Gasteiger partial charge >= 0.3 is 5.69 Å². The molecule has 3 rings (SSSR count). The van der Waals surface area contributed by atoms with Gasteiger partial charge in [-0.25, -0.2) is 9.36 Å². The molecule has 5 nitrogen and oxygen atoms in total. The molecular formula is C17H14N2O3. The van der Waals surface area contributed by atoms with Crippen LogP contribution >= 0.6 is 0 Å². The number of carbonyl (C=O) groups excluding carboxylic acids is 1. The van der Waals surface area contributed by atoms with E-state index >= 15 is 0 Å². The maximum atomic E-state index is 11.8. The molecular weight excluding hydrogens is 280 g/mol. The summed E-state index contributed by atoms with van der Waals surface area (Å²) in [5.74, 6) is -0.360. The molecule has 1 aromatic heterocycles. The number of rotatable bonds is 4. The minimum Gasteiger partial charge on any atom is -0.493 e. The number of aromatic nitrogens is 2. The topological polar surface area (TPSA) is 64.2 Å². The van der Waals surface area contributed by atoms with Crippen molar-refractivity contribution in [2.24, 2.45) is 0 Å². The molecule has 0 saturated heterocycles. The van der Waals surface area contributed by atoms with E-state index in [9.17, 15) is 14.7 Å². The summed E-state index contributed by atoms with van der Waals surface area (Å²) >= 11 is 0. The van der Waals surface area contributed by atoms with Crippen LogP contribution in [0.3, 0.4) is 0 Å². The normalized spacial score (nSPS) is 10.5. The highest BCUT2D eigenvalue weighted by Crippen LogP contribution is 2.19. The van der Waals surface area contributed by atoms with E-state index in [0.717, 1.165) is 16.7 Å². The quantitative estimate of drug-likeness (QED) is 0.750. The molecule has 0 bridgehead atoms. The summed E-state index contributed by atoms with van der Waals surface area (Å²) in [7, 11) is 0. The van der Waals surface area contributed by atoms with Gasteiger partial charge in [-0.1, -0.05) is 54.6 Å². The Bertz CT molecular complexity index is 846. The van der Waals surface area contributed by atoms with Gasteiger partial charge in [0.05, 0.1) is 12.7 Å². The number of aromatic hydroxyl groups is 1. The molecule has 2 aromatic carbocycles. The third kappa shape index (κ3) is 2.56. The van der Waals surface area contributed by atoms with Crippen molar-refractivity contribution in [1.82, 2.24) is 9.13 Å². The molecule has 1 N–H and O–H groups in total. The molecule has 0 fully saturated rings. The maximum absolute atomic E-state index is 11.8. The summed E-state index contributed by atoms with van der Waals surface area (Å²) < 4.78 is 1.96. The lowest BCUT2D eigenvalue weighted by Crippen LogP contribution is -2.24. The molecule has 110 valence electrons. The number of nitrogens with zero attached hydrogens (tertiary/aromatic N) is 2. The van der Waals surface area contributed by atoms with Crippen LogP contribution in [0.4, 0.5) is 0 Å². The molecule has 0 aliphatic heterocycles.